The van der Waals surface area contributed by atoms with Gasteiger partial charge in [0, 0.05) is 6.04 Å². The molecule has 0 aliphatic heterocycles. The smallest absolute Gasteiger partial charge is 0.137 e. The van der Waals surface area contributed by atoms with Gasteiger partial charge in [0.25, 0.3) is 0 Å². The molecule has 1 aromatic carbocycles. The molecule has 0 aromatic heterocycles. The standard InChI is InChI=1S/C13H20BrFN2/c1-13(2,3)7-6-12(17-16)9-4-5-10(14)11(15)8-9/h4-5,8,12,17H,6-7,16H2,1-3H3. The van der Waals surface area contributed by atoms with E-state index in [1.165, 1.54) is 6.07 Å². The molecule has 0 radical (unpaired) electrons. The third kappa shape index (κ3) is 4.74. The maximum absolute atomic E-state index is 13.4. The van der Waals surface area contributed by atoms with Gasteiger partial charge >= 0.3 is 0 Å². The molecule has 0 heterocycles. The van der Waals surface area contributed by atoms with E-state index in [9.17, 15) is 4.39 Å². The largest absolute Gasteiger partial charge is 0.271 e. The number of nitrogens with two attached hydrogens (primary N) is 1. The molecule has 0 saturated heterocycles. The molecule has 2 nitrogen and oxygen atoms in total. The molecule has 1 unspecified atom stereocenters. The summed E-state index contributed by atoms with van der Waals surface area (Å²) in [5.74, 6) is 5.29. The van der Waals surface area contributed by atoms with E-state index in [0.717, 1.165) is 18.4 Å². The highest BCUT2D eigenvalue weighted by Gasteiger charge is 2.16. The predicted octanol–water partition coefficient (Wildman–Crippen LogP) is 3.92. The minimum absolute atomic E-state index is 0.00294. The lowest BCUT2D eigenvalue weighted by Gasteiger charge is -2.23. The van der Waals surface area contributed by atoms with Crippen molar-refractivity contribution in [1.29, 1.82) is 0 Å². The summed E-state index contributed by atoms with van der Waals surface area (Å²) in [6.07, 6.45) is 1.92. The van der Waals surface area contributed by atoms with Crippen LogP contribution in [0.15, 0.2) is 22.7 Å². The van der Waals surface area contributed by atoms with E-state index in [1.807, 2.05) is 6.07 Å². The number of nitrogens with one attached hydrogen (secondary N) is 1. The first kappa shape index (κ1) is 14.6. The Morgan fingerprint density at radius 1 is 1.41 bits per heavy atom. The zero-order chi connectivity index (χ0) is 13.1. The number of halogens is 2. The van der Waals surface area contributed by atoms with Gasteiger partial charge in [-0.3, -0.25) is 11.3 Å². The molecule has 0 bridgehead atoms. The summed E-state index contributed by atoms with van der Waals surface area (Å²) in [6, 6.07) is 5.13. The Morgan fingerprint density at radius 3 is 2.53 bits per heavy atom. The van der Waals surface area contributed by atoms with Crippen molar-refractivity contribution in [2.24, 2.45) is 11.3 Å². The number of hydrogen-bond donors (Lipinski definition) is 2. The molecule has 4 heteroatoms. The summed E-state index contributed by atoms with van der Waals surface area (Å²) in [4.78, 5) is 0. The third-order valence-corrected chi connectivity index (χ3v) is 3.37. The molecule has 0 spiro atoms. The third-order valence-electron chi connectivity index (χ3n) is 2.73. The molecule has 1 atom stereocenters. The van der Waals surface area contributed by atoms with Crippen molar-refractivity contribution in [3.05, 3.63) is 34.1 Å². The zero-order valence-electron chi connectivity index (χ0n) is 10.6. The first-order valence-electron chi connectivity index (χ1n) is 5.74. The fourth-order valence-electron chi connectivity index (χ4n) is 1.65. The highest BCUT2D eigenvalue weighted by Crippen LogP contribution is 2.28. The van der Waals surface area contributed by atoms with Crippen LogP contribution in [0, 0.1) is 11.2 Å². The predicted molar refractivity (Wildman–Crippen MR) is 72.9 cm³/mol. The van der Waals surface area contributed by atoms with E-state index in [-0.39, 0.29) is 17.3 Å². The summed E-state index contributed by atoms with van der Waals surface area (Å²) in [5.41, 5.74) is 3.90. The van der Waals surface area contributed by atoms with Crippen LogP contribution in [0.5, 0.6) is 0 Å². The van der Waals surface area contributed by atoms with Gasteiger partial charge in [-0.15, -0.1) is 0 Å². The van der Waals surface area contributed by atoms with Crippen molar-refractivity contribution in [1.82, 2.24) is 5.43 Å². The van der Waals surface area contributed by atoms with Crippen LogP contribution in [0.4, 0.5) is 4.39 Å². The van der Waals surface area contributed by atoms with Crippen LogP contribution < -0.4 is 11.3 Å². The van der Waals surface area contributed by atoms with Gasteiger partial charge < -0.3 is 0 Å². The lowest BCUT2D eigenvalue weighted by Crippen LogP contribution is -2.29. The van der Waals surface area contributed by atoms with Gasteiger partial charge in [0.2, 0.25) is 0 Å². The van der Waals surface area contributed by atoms with Crippen LogP contribution in [-0.2, 0) is 0 Å². The highest BCUT2D eigenvalue weighted by molar-refractivity contribution is 9.10. The topological polar surface area (TPSA) is 38.0 Å². The molecule has 1 rings (SSSR count). The normalized spacial score (nSPS) is 13.8. The SMILES string of the molecule is CC(C)(C)CCC(NN)c1ccc(Br)c(F)c1. The molecular formula is C13H20BrFN2. The first-order chi connectivity index (χ1) is 7.83. The molecule has 1 aromatic rings. The fourth-order valence-corrected chi connectivity index (χ4v) is 1.90. The molecule has 96 valence electrons. The zero-order valence-corrected chi connectivity index (χ0v) is 12.1. The molecule has 0 saturated carbocycles. The van der Waals surface area contributed by atoms with Gasteiger partial charge in [0.15, 0.2) is 0 Å². The molecule has 0 aliphatic carbocycles. The second-order valence-electron chi connectivity index (χ2n) is 5.49. The summed E-state index contributed by atoms with van der Waals surface area (Å²) in [5, 5.41) is 0. The van der Waals surface area contributed by atoms with Gasteiger partial charge in [-0.2, -0.15) is 0 Å². The Morgan fingerprint density at radius 2 is 2.06 bits per heavy atom. The van der Waals surface area contributed by atoms with Gasteiger partial charge in [-0.1, -0.05) is 26.8 Å². The second kappa shape index (κ2) is 5.94. The Hall–Kier alpha value is -0.450. The minimum atomic E-state index is -0.251. The van der Waals surface area contributed by atoms with E-state index in [1.54, 1.807) is 6.07 Å². The van der Waals surface area contributed by atoms with Crippen molar-refractivity contribution >= 4 is 15.9 Å². The quantitative estimate of drug-likeness (QED) is 0.653. The molecular weight excluding hydrogens is 283 g/mol. The lowest BCUT2D eigenvalue weighted by atomic mass is 9.87. The van der Waals surface area contributed by atoms with Crippen molar-refractivity contribution in [2.45, 2.75) is 39.7 Å². The Balaban J connectivity index is 2.76. The van der Waals surface area contributed by atoms with Crippen molar-refractivity contribution in [3.8, 4) is 0 Å². The van der Waals surface area contributed by atoms with Crippen LogP contribution in [0.1, 0.15) is 45.2 Å². The maximum atomic E-state index is 13.4. The maximum Gasteiger partial charge on any atom is 0.137 e. The van der Waals surface area contributed by atoms with E-state index < -0.39 is 0 Å². The average Bonchev–Trinajstić information content (AvgIpc) is 2.22. The van der Waals surface area contributed by atoms with Crippen molar-refractivity contribution in [3.63, 3.8) is 0 Å². The molecule has 17 heavy (non-hydrogen) atoms. The molecule has 3 N–H and O–H groups in total. The monoisotopic (exact) mass is 302 g/mol. The van der Waals surface area contributed by atoms with E-state index in [2.05, 4.69) is 42.1 Å². The number of hydrogen-bond acceptors (Lipinski definition) is 2. The molecule has 0 aliphatic rings. The number of benzene rings is 1. The van der Waals surface area contributed by atoms with Crippen LogP contribution in [0.2, 0.25) is 0 Å². The lowest BCUT2D eigenvalue weighted by molar-refractivity contribution is 0.333. The summed E-state index contributed by atoms with van der Waals surface area (Å²) < 4.78 is 13.9. The second-order valence-corrected chi connectivity index (χ2v) is 6.35. The average molecular weight is 303 g/mol. The number of hydrazine groups is 1. The van der Waals surface area contributed by atoms with Crippen molar-refractivity contribution in [2.75, 3.05) is 0 Å². The Labute approximate surface area is 111 Å². The summed E-state index contributed by atoms with van der Waals surface area (Å²) in [6.45, 7) is 6.55. The molecule has 0 fully saturated rings. The number of rotatable bonds is 4. The molecule has 0 amide bonds. The fraction of sp³-hybridized carbons (Fsp3) is 0.538. The van der Waals surface area contributed by atoms with Gasteiger partial charge in [0.05, 0.1) is 4.47 Å². The van der Waals surface area contributed by atoms with Crippen molar-refractivity contribution < 1.29 is 4.39 Å². The van der Waals surface area contributed by atoms with Gasteiger partial charge in [0.1, 0.15) is 5.82 Å². The first-order valence-corrected chi connectivity index (χ1v) is 6.54. The van der Waals surface area contributed by atoms with Gasteiger partial charge in [-0.05, 0) is 51.9 Å². The van der Waals surface area contributed by atoms with E-state index in [4.69, 9.17) is 5.84 Å². The minimum Gasteiger partial charge on any atom is -0.271 e. The summed E-state index contributed by atoms with van der Waals surface area (Å²) >= 11 is 3.14. The van der Waals surface area contributed by atoms with Crippen LogP contribution >= 0.6 is 15.9 Å². The van der Waals surface area contributed by atoms with Crippen LogP contribution in [-0.4, -0.2) is 0 Å². The van der Waals surface area contributed by atoms with Gasteiger partial charge in [-0.25, -0.2) is 4.39 Å². The van der Waals surface area contributed by atoms with Crippen LogP contribution in [0.3, 0.4) is 0 Å². The van der Waals surface area contributed by atoms with E-state index >= 15 is 0 Å². The highest BCUT2D eigenvalue weighted by atomic mass is 79.9. The summed E-state index contributed by atoms with van der Waals surface area (Å²) in [7, 11) is 0. The Bertz CT molecular complexity index is 374. The van der Waals surface area contributed by atoms with Crippen LogP contribution in [0.25, 0.3) is 0 Å². The van der Waals surface area contributed by atoms with E-state index in [0.29, 0.717) is 4.47 Å². The Kier molecular flexibility index (Phi) is 5.10.